The van der Waals surface area contributed by atoms with Crippen LogP contribution in [0.2, 0.25) is 0 Å². The van der Waals surface area contributed by atoms with Crippen LogP contribution < -0.4 is 0 Å². The number of hydrogen-bond donors (Lipinski definition) is 0. The van der Waals surface area contributed by atoms with Crippen molar-refractivity contribution in [1.29, 1.82) is 0 Å². The highest BCUT2D eigenvalue weighted by atomic mass is 79.9. The zero-order valence-corrected chi connectivity index (χ0v) is 8.15. The maximum atomic E-state index is 12.3. The van der Waals surface area contributed by atoms with Crippen molar-refractivity contribution in [2.45, 2.75) is 19.2 Å². The van der Waals surface area contributed by atoms with Crippen LogP contribution in [0, 0.1) is 11.8 Å². The van der Waals surface area contributed by atoms with Crippen LogP contribution in [0.25, 0.3) is 0 Å². The first-order chi connectivity index (χ1) is 5.46. The molecule has 0 N–H and O–H groups in total. The molecule has 1 nitrogen and oxygen atoms in total. The van der Waals surface area contributed by atoms with Crippen LogP contribution in [0.1, 0.15) is 6.92 Å². The molecule has 1 heterocycles. The summed E-state index contributed by atoms with van der Waals surface area (Å²) in [5.41, 5.74) is 0. The van der Waals surface area contributed by atoms with Crippen LogP contribution in [-0.2, 0) is 4.74 Å². The third-order valence-corrected chi connectivity index (χ3v) is 3.00. The van der Waals surface area contributed by atoms with Gasteiger partial charge < -0.3 is 4.74 Å². The first-order valence-electron chi connectivity index (χ1n) is 3.71. The second-order valence-electron chi connectivity index (χ2n) is 3.00. The molecule has 1 aliphatic heterocycles. The highest BCUT2D eigenvalue weighted by Gasteiger charge is 2.50. The molecule has 0 radical (unpaired) electrons. The SMILES string of the molecule is CC1OCC(C(F)(F)F)C1CBr. The fourth-order valence-electron chi connectivity index (χ4n) is 1.40. The highest BCUT2D eigenvalue weighted by molar-refractivity contribution is 9.09. The Morgan fingerprint density at radius 1 is 1.50 bits per heavy atom. The molecule has 12 heavy (non-hydrogen) atoms. The van der Waals surface area contributed by atoms with Crippen LogP contribution >= 0.6 is 15.9 Å². The van der Waals surface area contributed by atoms with E-state index in [4.69, 9.17) is 4.74 Å². The first-order valence-corrected chi connectivity index (χ1v) is 4.83. The fraction of sp³-hybridized carbons (Fsp3) is 1.00. The molecule has 0 aliphatic carbocycles. The van der Waals surface area contributed by atoms with E-state index < -0.39 is 18.0 Å². The van der Waals surface area contributed by atoms with Crippen LogP contribution in [0.5, 0.6) is 0 Å². The Labute approximate surface area is 77.4 Å². The van der Waals surface area contributed by atoms with Gasteiger partial charge >= 0.3 is 6.18 Å². The van der Waals surface area contributed by atoms with E-state index >= 15 is 0 Å². The van der Waals surface area contributed by atoms with Gasteiger partial charge in [0.05, 0.1) is 18.6 Å². The van der Waals surface area contributed by atoms with Gasteiger partial charge in [0.2, 0.25) is 0 Å². The summed E-state index contributed by atoms with van der Waals surface area (Å²) in [5, 5.41) is 0.346. The van der Waals surface area contributed by atoms with E-state index in [-0.39, 0.29) is 12.7 Å². The third-order valence-electron chi connectivity index (χ3n) is 2.26. The smallest absolute Gasteiger partial charge is 0.378 e. The Hall–Kier alpha value is 0.230. The Bertz CT molecular complexity index is 159. The van der Waals surface area contributed by atoms with Gasteiger partial charge in [0.15, 0.2) is 0 Å². The van der Waals surface area contributed by atoms with Gasteiger partial charge in [-0.3, -0.25) is 0 Å². The first kappa shape index (κ1) is 10.3. The lowest BCUT2D eigenvalue weighted by Crippen LogP contribution is -2.31. The van der Waals surface area contributed by atoms with E-state index in [0.717, 1.165) is 0 Å². The summed E-state index contributed by atoms with van der Waals surface area (Å²) in [7, 11) is 0. The Kier molecular flexibility index (Phi) is 3.04. The number of rotatable bonds is 1. The van der Waals surface area contributed by atoms with Crippen LogP contribution in [0.15, 0.2) is 0 Å². The molecule has 1 fully saturated rings. The average Bonchev–Trinajstić information content (AvgIpc) is 2.29. The lowest BCUT2D eigenvalue weighted by Gasteiger charge is -2.20. The second kappa shape index (κ2) is 3.54. The predicted molar refractivity (Wildman–Crippen MR) is 42.2 cm³/mol. The maximum Gasteiger partial charge on any atom is 0.394 e. The molecular formula is C7H10BrF3O. The third kappa shape index (κ3) is 1.93. The summed E-state index contributed by atoms with van der Waals surface area (Å²) in [5.74, 6) is -1.74. The van der Waals surface area contributed by atoms with Crippen molar-refractivity contribution < 1.29 is 17.9 Å². The maximum absolute atomic E-state index is 12.3. The molecule has 0 bridgehead atoms. The lowest BCUT2D eigenvalue weighted by molar-refractivity contribution is -0.180. The number of hydrogen-bond acceptors (Lipinski definition) is 1. The molecule has 0 aromatic heterocycles. The normalized spacial score (nSPS) is 37.2. The molecular weight excluding hydrogens is 237 g/mol. The Morgan fingerprint density at radius 2 is 2.08 bits per heavy atom. The summed E-state index contributed by atoms with van der Waals surface area (Å²) >= 11 is 3.07. The van der Waals surface area contributed by atoms with E-state index in [0.29, 0.717) is 5.33 Å². The minimum absolute atomic E-state index is 0.194. The number of ether oxygens (including phenoxy) is 1. The summed E-state index contributed by atoms with van der Waals surface area (Å²) in [6.45, 7) is 1.48. The molecule has 1 aliphatic rings. The molecule has 0 spiro atoms. The van der Waals surface area contributed by atoms with E-state index in [1.807, 2.05) is 0 Å². The van der Waals surface area contributed by atoms with Crippen LogP contribution in [0.4, 0.5) is 13.2 Å². The van der Waals surface area contributed by atoms with Crippen molar-refractivity contribution in [2.24, 2.45) is 11.8 Å². The molecule has 0 saturated carbocycles. The lowest BCUT2D eigenvalue weighted by atomic mass is 9.93. The van der Waals surface area contributed by atoms with Gasteiger partial charge in [-0.1, -0.05) is 15.9 Å². The topological polar surface area (TPSA) is 9.23 Å². The molecule has 1 saturated heterocycles. The van der Waals surface area contributed by atoms with Crippen LogP contribution in [0.3, 0.4) is 0 Å². The van der Waals surface area contributed by atoms with Gasteiger partial charge in [-0.25, -0.2) is 0 Å². The van der Waals surface area contributed by atoms with Crippen molar-refractivity contribution in [1.82, 2.24) is 0 Å². The molecule has 3 atom stereocenters. The quantitative estimate of drug-likeness (QED) is 0.647. The fourth-order valence-corrected chi connectivity index (χ4v) is 2.38. The van der Waals surface area contributed by atoms with Crippen molar-refractivity contribution in [3.8, 4) is 0 Å². The summed E-state index contributed by atoms with van der Waals surface area (Å²) in [6, 6.07) is 0. The Balaban J connectivity index is 2.67. The largest absolute Gasteiger partial charge is 0.394 e. The molecule has 3 unspecified atom stereocenters. The summed E-state index contributed by atoms with van der Waals surface area (Å²) in [6.07, 6.45) is -4.42. The van der Waals surface area contributed by atoms with Crippen molar-refractivity contribution >= 4 is 15.9 Å². The highest BCUT2D eigenvalue weighted by Crippen LogP contribution is 2.39. The second-order valence-corrected chi connectivity index (χ2v) is 3.65. The molecule has 0 amide bonds. The zero-order chi connectivity index (χ0) is 9.35. The van der Waals surface area contributed by atoms with Gasteiger partial charge in [-0.2, -0.15) is 13.2 Å². The molecule has 0 aromatic carbocycles. The van der Waals surface area contributed by atoms with Crippen LogP contribution in [-0.4, -0.2) is 24.2 Å². The minimum Gasteiger partial charge on any atom is -0.378 e. The molecule has 72 valence electrons. The molecule has 0 aromatic rings. The standard InChI is InChI=1S/C7H10BrF3O/c1-4-5(2-8)6(3-12-4)7(9,10)11/h4-6H,2-3H2,1H3. The van der Waals surface area contributed by atoms with Crippen molar-refractivity contribution in [3.05, 3.63) is 0 Å². The summed E-state index contributed by atoms with van der Waals surface area (Å²) in [4.78, 5) is 0. The van der Waals surface area contributed by atoms with Gasteiger partial charge in [-0.05, 0) is 6.92 Å². The van der Waals surface area contributed by atoms with Crippen molar-refractivity contribution in [2.75, 3.05) is 11.9 Å². The van der Waals surface area contributed by atoms with E-state index in [1.54, 1.807) is 6.92 Å². The number of halogens is 4. The van der Waals surface area contributed by atoms with Crippen molar-refractivity contribution in [3.63, 3.8) is 0 Å². The molecule has 5 heteroatoms. The van der Waals surface area contributed by atoms with E-state index in [1.165, 1.54) is 0 Å². The molecule has 1 rings (SSSR count). The van der Waals surface area contributed by atoms with Gasteiger partial charge in [0, 0.05) is 11.2 Å². The van der Waals surface area contributed by atoms with Gasteiger partial charge in [0.25, 0.3) is 0 Å². The van der Waals surface area contributed by atoms with E-state index in [2.05, 4.69) is 15.9 Å². The zero-order valence-electron chi connectivity index (χ0n) is 6.57. The average molecular weight is 247 g/mol. The van der Waals surface area contributed by atoms with Gasteiger partial charge in [-0.15, -0.1) is 0 Å². The predicted octanol–water partition coefficient (Wildman–Crippen LogP) is 2.59. The minimum atomic E-state index is -4.12. The van der Waals surface area contributed by atoms with E-state index in [9.17, 15) is 13.2 Å². The summed E-state index contributed by atoms with van der Waals surface area (Å²) < 4.78 is 41.8. The monoisotopic (exact) mass is 246 g/mol. The Morgan fingerprint density at radius 3 is 2.42 bits per heavy atom. The number of alkyl halides is 4. The van der Waals surface area contributed by atoms with Gasteiger partial charge in [0.1, 0.15) is 0 Å².